The molecular weight excluding hydrogens is 664 g/mol. The van der Waals surface area contributed by atoms with Crippen LogP contribution in [0, 0.1) is 20.8 Å². The van der Waals surface area contributed by atoms with Crippen molar-refractivity contribution in [1.29, 1.82) is 0 Å². The maximum absolute atomic E-state index is 13.5. The molecule has 1 atom stereocenters. The van der Waals surface area contributed by atoms with E-state index < -0.39 is 45.4 Å². The highest BCUT2D eigenvalue weighted by Gasteiger charge is 2.36. The van der Waals surface area contributed by atoms with E-state index in [1.807, 2.05) is 51.1 Å². The fourth-order valence-electron chi connectivity index (χ4n) is 5.47. The third kappa shape index (κ3) is 11.3. The number of aliphatic imine (C=N–C) groups is 1. The predicted molar refractivity (Wildman–Crippen MR) is 191 cm³/mol. The van der Waals surface area contributed by atoms with E-state index in [4.69, 9.17) is 19.9 Å². The summed E-state index contributed by atoms with van der Waals surface area (Å²) in [5, 5.41) is 5.31. The first-order valence-corrected chi connectivity index (χ1v) is 18.0. The molecule has 0 aromatic heterocycles. The average molecular weight is 717 g/mol. The number of guanidine groups is 1. The van der Waals surface area contributed by atoms with Gasteiger partial charge < -0.3 is 35.5 Å². The molecule has 3 rings (SSSR count). The largest absolute Gasteiger partial charge is 0.487 e. The number of hydrogen-bond donors (Lipinski definition) is 4. The molecule has 2 aromatic rings. The monoisotopic (exact) mass is 716 g/mol. The molecule has 50 heavy (non-hydrogen) atoms. The molecule has 3 amide bonds. The molecule has 0 aliphatic carbocycles. The highest BCUT2D eigenvalue weighted by molar-refractivity contribution is 7.90. The second-order valence-electron chi connectivity index (χ2n) is 14.0. The Kier molecular flexibility index (Phi) is 13.1. The van der Waals surface area contributed by atoms with Gasteiger partial charge >= 0.3 is 12.2 Å². The molecular formula is C35H52N6O8S. The lowest BCUT2D eigenvalue weighted by atomic mass is 9.94. The Labute approximate surface area is 295 Å². The Morgan fingerprint density at radius 2 is 1.74 bits per heavy atom. The first-order valence-electron chi connectivity index (χ1n) is 16.5. The van der Waals surface area contributed by atoms with Gasteiger partial charge in [0, 0.05) is 38.7 Å². The number of benzene rings is 2. The number of rotatable bonds is 13. The van der Waals surface area contributed by atoms with Gasteiger partial charge in [0.2, 0.25) is 11.9 Å². The summed E-state index contributed by atoms with van der Waals surface area (Å²) < 4.78 is 46.1. The van der Waals surface area contributed by atoms with E-state index in [1.54, 1.807) is 41.7 Å². The summed E-state index contributed by atoms with van der Waals surface area (Å²) in [6, 6.07) is 8.26. The van der Waals surface area contributed by atoms with Gasteiger partial charge in [0.05, 0.1) is 4.90 Å². The molecule has 0 saturated carbocycles. The van der Waals surface area contributed by atoms with Gasteiger partial charge in [0.25, 0.3) is 10.0 Å². The molecule has 15 heteroatoms. The molecule has 0 radical (unpaired) electrons. The number of alkyl carbamates (subject to hydrolysis) is 1. The van der Waals surface area contributed by atoms with Crippen LogP contribution in [0.15, 0.2) is 40.2 Å². The van der Waals surface area contributed by atoms with Gasteiger partial charge in [-0.3, -0.25) is 9.79 Å². The molecule has 0 spiro atoms. The van der Waals surface area contributed by atoms with Gasteiger partial charge in [-0.1, -0.05) is 30.3 Å². The number of carbonyl (C=O) groups excluding carboxylic acids is 3. The van der Waals surface area contributed by atoms with E-state index in [1.165, 1.54) is 4.90 Å². The fraction of sp³-hybridized carbons (Fsp3) is 0.543. The SMILES string of the molecule is Cc1c(C)c(S(=O)(=O)NC(N)=NCCCC(NC(=O)OC(C)(C)C)C(=O)NCCN(C)C(=O)OCc2ccccc2)c(C)c2c1OC(C)(C)C2. The molecule has 1 heterocycles. The molecule has 0 fully saturated rings. The zero-order valence-electron chi connectivity index (χ0n) is 30.6. The maximum Gasteiger partial charge on any atom is 0.409 e. The van der Waals surface area contributed by atoms with Gasteiger partial charge in [0.1, 0.15) is 29.6 Å². The smallest absolute Gasteiger partial charge is 0.409 e. The molecule has 14 nitrogen and oxygen atoms in total. The van der Waals surface area contributed by atoms with Gasteiger partial charge in [-0.05, 0) is 90.5 Å². The van der Waals surface area contributed by atoms with Crippen molar-refractivity contribution in [3.63, 3.8) is 0 Å². The molecule has 2 aromatic carbocycles. The van der Waals surface area contributed by atoms with Crippen molar-refractivity contribution >= 4 is 34.1 Å². The van der Waals surface area contributed by atoms with Crippen LogP contribution in [0.25, 0.3) is 0 Å². The average Bonchev–Trinajstić information content (AvgIpc) is 3.35. The molecule has 0 saturated heterocycles. The minimum Gasteiger partial charge on any atom is -0.487 e. The van der Waals surface area contributed by atoms with Crippen LogP contribution in [0.2, 0.25) is 0 Å². The van der Waals surface area contributed by atoms with Crippen LogP contribution < -0.4 is 25.8 Å². The van der Waals surface area contributed by atoms with E-state index >= 15 is 0 Å². The molecule has 0 bridgehead atoms. The number of hydrogen-bond acceptors (Lipinski definition) is 9. The molecule has 1 aliphatic heterocycles. The Balaban J connectivity index is 1.59. The topological polar surface area (TPSA) is 191 Å². The summed E-state index contributed by atoms with van der Waals surface area (Å²) in [4.78, 5) is 43.7. The summed E-state index contributed by atoms with van der Waals surface area (Å²) >= 11 is 0. The minimum atomic E-state index is -4.08. The van der Waals surface area contributed by atoms with E-state index in [0.29, 0.717) is 17.5 Å². The Morgan fingerprint density at radius 3 is 2.38 bits per heavy atom. The van der Waals surface area contributed by atoms with Crippen LogP contribution in [0.5, 0.6) is 5.75 Å². The molecule has 1 aliphatic rings. The van der Waals surface area contributed by atoms with E-state index in [2.05, 4.69) is 20.3 Å². The third-order valence-corrected chi connectivity index (χ3v) is 9.63. The lowest BCUT2D eigenvalue weighted by Gasteiger charge is -2.24. The lowest BCUT2D eigenvalue weighted by Crippen LogP contribution is -2.49. The van der Waals surface area contributed by atoms with Crippen LogP contribution >= 0.6 is 0 Å². The number of nitrogens with zero attached hydrogens (tertiary/aromatic N) is 2. The summed E-state index contributed by atoms with van der Waals surface area (Å²) in [5.74, 6) is -0.0796. The second-order valence-corrected chi connectivity index (χ2v) is 15.6. The van der Waals surface area contributed by atoms with Crippen molar-refractivity contribution in [3.05, 3.63) is 58.1 Å². The van der Waals surface area contributed by atoms with Gasteiger partial charge in [0.15, 0.2) is 0 Å². The number of fused-ring (bicyclic) bond motifs is 1. The van der Waals surface area contributed by atoms with Gasteiger partial charge in [-0.25, -0.2) is 22.7 Å². The number of nitrogens with one attached hydrogen (secondary N) is 3. The second kappa shape index (κ2) is 16.5. The lowest BCUT2D eigenvalue weighted by molar-refractivity contribution is -0.123. The number of likely N-dealkylation sites (N-methyl/N-ethyl adjacent to an activating group) is 1. The van der Waals surface area contributed by atoms with E-state index in [0.717, 1.165) is 22.4 Å². The number of sulfonamides is 1. The quantitative estimate of drug-likeness (QED) is 0.135. The number of carbonyl (C=O) groups is 3. The van der Waals surface area contributed by atoms with Crippen LogP contribution in [-0.2, 0) is 37.3 Å². The highest BCUT2D eigenvalue weighted by atomic mass is 32.2. The maximum atomic E-state index is 13.5. The van der Waals surface area contributed by atoms with Crippen molar-refractivity contribution in [2.24, 2.45) is 10.7 Å². The van der Waals surface area contributed by atoms with Crippen molar-refractivity contribution in [2.75, 3.05) is 26.7 Å². The molecule has 1 unspecified atom stereocenters. The zero-order chi connectivity index (χ0) is 37.4. The summed E-state index contributed by atoms with van der Waals surface area (Å²) in [7, 11) is -2.53. The van der Waals surface area contributed by atoms with Crippen molar-refractivity contribution in [2.45, 2.75) is 103 Å². The highest BCUT2D eigenvalue weighted by Crippen LogP contribution is 2.43. The summed E-state index contributed by atoms with van der Waals surface area (Å²) in [6.45, 7) is 14.8. The van der Waals surface area contributed by atoms with Crippen LogP contribution in [-0.4, -0.2) is 81.3 Å². The predicted octanol–water partition coefficient (Wildman–Crippen LogP) is 3.98. The van der Waals surface area contributed by atoms with Crippen molar-refractivity contribution in [1.82, 2.24) is 20.3 Å². The normalized spacial score (nSPS) is 14.5. The Hall–Kier alpha value is -4.53. The zero-order valence-corrected chi connectivity index (χ0v) is 31.4. The molecule has 276 valence electrons. The standard InChI is InChI=1S/C35H52N6O8S/c1-22-23(2)29(24(3)26-20-35(7,8)48-28(22)26)50(45,46)40-31(36)38-17-13-16-27(39-32(43)49-34(4,5)6)30(42)37-18-19-41(9)33(44)47-21-25-14-11-10-12-15-25/h10-12,14-15,27H,13,16-21H2,1-9H3,(H,37,42)(H,39,43)(H3,36,38,40). The van der Waals surface area contributed by atoms with Crippen LogP contribution in [0.4, 0.5) is 9.59 Å². The number of nitrogens with two attached hydrogens (primary N) is 1. The number of amides is 3. The Morgan fingerprint density at radius 1 is 1.08 bits per heavy atom. The van der Waals surface area contributed by atoms with Gasteiger partial charge in [-0.2, -0.15) is 0 Å². The van der Waals surface area contributed by atoms with E-state index in [9.17, 15) is 22.8 Å². The van der Waals surface area contributed by atoms with Crippen molar-refractivity contribution < 1.29 is 37.0 Å². The first-order chi connectivity index (χ1) is 23.2. The molecule has 5 N–H and O–H groups in total. The van der Waals surface area contributed by atoms with Crippen LogP contribution in [0.3, 0.4) is 0 Å². The summed E-state index contributed by atoms with van der Waals surface area (Å²) in [6.07, 6.45) is -0.344. The van der Waals surface area contributed by atoms with E-state index in [-0.39, 0.29) is 49.9 Å². The third-order valence-electron chi connectivity index (χ3n) is 8.00. The van der Waals surface area contributed by atoms with Gasteiger partial charge in [-0.15, -0.1) is 0 Å². The first kappa shape index (κ1) is 39.9. The summed E-state index contributed by atoms with van der Waals surface area (Å²) in [5.41, 5.74) is 8.40. The fourth-order valence-corrected chi connectivity index (χ4v) is 7.00. The minimum absolute atomic E-state index is 0.0628. The van der Waals surface area contributed by atoms with Crippen LogP contribution in [0.1, 0.15) is 75.3 Å². The van der Waals surface area contributed by atoms with Crippen molar-refractivity contribution in [3.8, 4) is 5.75 Å². The Bertz CT molecular complexity index is 1690. The number of ether oxygens (including phenoxy) is 3.